The third-order valence-corrected chi connectivity index (χ3v) is 5.89. The Morgan fingerprint density at radius 3 is 2.36 bits per heavy atom. The maximum Gasteiger partial charge on any atom is 0.410 e. The smallest absolute Gasteiger partial charge is 0.410 e. The fourth-order valence-corrected chi connectivity index (χ4v) is 3.87. The number of hydrogen-bond donors (Lipinski definition) is 2. The van der Waals surface area contributed by atoms with E-state index in [4.69, 9.17) is 18.9 Å². The minimum atomic E-state index is -1.83. The van der Waals surface area contributed by atoms with Crippen LogP contribution in [0, 0.1) is 23.3 Å². The molecule has 0 aliphatic carbocycles. The lowest BCUT2D eigenvalue weighted by Crippen LogP contribution is -2.56. The largest absolute Gasteiger partial charge is 0.485 e. The molecule has 0 aromatic heterocycles. The Labute approximate surface area is 239 Å². The van der Waals surface area contributed by atoms with Gasteiger partial charge in [0.1, 0.15) is 24.9 Å². The van der Waals surface area contributed by atoms with E-state index in [0.29, 0.717) is 0 Å². The van der Waals surface area contributed by atoms with Crippen LogP contribution in [0.25, 0.3) is 0 Å². The number of carbonyl (C=O) groups is 3. The van der Waals surface area contributed by atoms with Crippen molar-refractivity contribution in [2.45, 2.75) is 57.6 Å². The van der Waals surface area contributed by atoms with E-state index in [-0.39, 0.29) is 32.4 Å². The minimum Gasteiger partial charge on any atom is -0.485 e. The molecule has 0 spiro atoms. The Morgan fingerprint density at radius 2 is 1.74 bits per heavy atom. The third-order valence-electron chi connectivity index (χ3n) is 5.89. The fourth-order valence-electron chi connectivity index (χ4n) is 3.87. The van der Waals surface area contributed by atoms with Gasteiger partial charge >= 0.3 is 12.1 Å². The summed E-state index contributed by atoms with van der Waals surface area (Å²) < 4.78 is 75.9. The number of rotatable bonds is 10. The number of aliphatic hydroxyl groups excluding tert-OH is 1. The van der Waals surface area contributed by atoms with Gasteiger partial charge in [-0.25, -0.2) is 13.6 Å². The van der Waals surface area contributed by atoms with Crippen molar-refractivity contribution in [3.05, 3.63) is 65.2 Å². The average Bonchev–Trinajstić information content (AvgIpc) is 2.94. The molecule has 0 radical (unpaired) electrons. The number of nitrogens with zero attached hydrogens (tertiary/aromatic N) is 1. The molecule has 1 fully saturated rings. The zero-order valence-corrected chi connectivity index (χ0v) is 23.2. The van der Waals surface area contributed by atoms with E-state index < -0.39 is 83.9 Å². The van der Waals surface area contributed by atoms with Gasteiger partial charge in [0.05, 0.1) is 25.6 Å². The van der Waals surface area contributed by atoms with E-state index in [2.05, 4.69) is 5.32 Å². The lowest BCUT2D eigenvalue weighted by atomic mass is 10.1. The number of morpholine rings is 1. The van der Waals surface area contributed by atoms with Crippen LogP contribution >= 0.6 is 0 Å². The van der Waals surface area contributed by atoms with Crippen molar-refractivity contribution in [2.75, 3.05) is 26.3 Å². The molecule has 0 saturated carbocycles. The number of esters is 1. The summed E-state index contributed by atoms with van der Waals surface area (Å²) in [4.78, 5) is 39.4. The quantitative estimate of drug-likeness (QED) is 0.242. The second-order valence-electron chi connectivity index (χ2n) is 10.4. The van der Waals surface area contributed by atoms with Gasteiger partial charge in [-0.2, -0.15) is 8.78 Å². The summed E-state index contributed by atoms with van der Waals surface area (Å²) in [5.74, 6) is -10.2. The minimum absolute atomic E-state index is 0.00838. The topological polar surface area (TPSA) is 124 Å². The monoisotopic (exact) mass is 600 g/mol. The van der Waals surface area contributed by atoms with Crippen molar-refractivity contribution in [3.8, 4) is 5.75 Å². The second-order valence-corrected chi connectivity index (χ2v) is 10.4. The predicted molar refractivity (Wildman–Crippen MR) is 138 cm³/mol. The first-order valence-electron chi connectivity index (χ1n) is 13.0. The Kier molecular flexibility index (Phi) is 11.1. The summed E-state index contributed by atoms with van der Waals surface area (Å²) in [7, 11) is 0. The van der Waals surface area contributed by atoms with Crippen molar-refractivity contribution in [1.82, 2.24) is 10.2 Å². The van der Waals surface area contributed by atoms with Gasteiger partial charge in [-0.15, -0.1) is 0 Å². The van der Waals surface area contributed by atoms with Crippen molar-refractivity contribution in [1.29, 1.82) is 0 Å². The number of nitrogens with one attached hydrogen (secondary N) is 1. The summed E-state index contributed by atoms with van der Waals surface area (Å²) in [6.07, 6.45) is -4.36. The van der Waals surface area contributed by atoms with Crippen LogP contribution in [0.5, 0.6) is 5.75 Å². The molecule has 230 valence electrons. The first-order chi connectivity index (χ1) is 19.7. The standard InChI is InChI=1S/C28H32F4N2O8/c1-28(2,3)42-22(36)12-19(20(35)15-40-25-23(31)17(29)11-18(30)24(25)32)33-26(37)21-13-34(9-10-39-21)27(38)41-14-16-7-5-4-6-8-16/h4-8,11,19-21,35H,9-10,12-15H2,1-3H3,(H,33,37)/t19-,20?,21?/m0/s1. The first kappa shape index (κ1) is 32.6. The number of benzene rings is 2. The van der Waals surface area contributed by atoms with Gasteiger partial charge in [-0.1, -0.05) is 30.3 Å². The molecule has 1 aliphatic rings. The van der Waals surface area contributed by atoms with Crippen LogP contribution in [0.4, 0.5) is 22.4 Å². The molecule has 1 heterocycles. The number of amides is 2. The molecule has 2 unspecified atom stereocenters. The molecule has 10 nitrogen and oxygen atoms in total. The van der Waals surface area contributed by atoms with E-state index in [0.717, 1.165) is 5.56 Å². The van der Waals surface area contributed by atoms with Crippen molar-refractivity contribution in [2.24, 2.45) is 0 Å². The first-order valence-corrected chi connectivity index (χ1v) is 13.0. The van der Waals surface area contributed by atoms with Gasteiger partial charge in [0.25, 0.3) is 5.91 Å². The molecule has 14 heteroatoms. The molecule has 2 aromatic carbocycles. The average molecular weight is 601 g/mol. The van der Waals surface area contributed by atoms with Crippen LogP contribution in [0.2, 0.25) is 0 Å². The fraction of sp³-hybridized carbons (Fsp3) is 0.464. The molecule has 3 atom stereocenters. The van der Waals surface area contributed by atoms with Gasteiger partial charge in [-0.3, -0.25) is 9.59 Å². The summed E-state index contributed by atoms with van der Waals surface area (Å²) in [6, 6.07) is 7.47. The van der Waals surface area contributed by atoms with Crippen LogP contribution in [-0.4, -0.2) is 78.1 Å². The van der Waals surface area contributed by atoms with Gasteiger partial charge < -0.3 is 34.3 Å². The van der Waals surface area contributed by atoms with Gasteiger partial charge in [0.2, 0.25) is 11.6 Å². The molecule has 42 heavy (non-hydrogen) atoms. The SMILES string of the molecule is CC(C)(C)OC(=O)C[C@H](NC(=O)C1CN(C(=O)OCc2ccccc2)CCO1)C(O)COc1c(F)c(F)cc(F)c1F. The maximum atomic E-state index is 14.0. The molecular weight excluding hydrogens is 568 g/mol. The Hall–Kier alpha value is -3.91. The van der Waals surface area contributed by atoms with Crippen molar-refractivity contribution in [3.63, 3.8) is 0 Å². The summed E-state index contributed by atoms with van der Waals surface area (Å²) in [5, 5.41) is 13.1. The van der Waals surface area contributed by atoms with Crippen LogP contribution in [0.1, 0.15) is 32.8 Å². The van der Waals surface area contributed by atoms with Crippen molar-refractivity contribution < 1.29 is 56.0 Å². The van der Waals surface area contributed by atoms with Gasteiger partial charge in [0.15, 0.2) is 23.5 Å². The Balaban J connectivity index is 1.67. The number of hydrogen-bond acceptors (Lipinski definition) is 8. The summed E-state index contributed by atoms with van der Waals surface area (Å²) in [6.45, 7) is 3.68. The van der Waals surface area contributed by atoms with E-state index in [9.17, 15) is 37.1 Å². The molecule has 2 amide bonds. The molecular formula is C28H32F4N2O8. The normalized spacial score (nSPS) is 16.8. The van der Waals surface area contributed by atoms with Gasteiger partial charge in [0, 0.05) is 12.6 Å². The van der Waals surface area contributed by atoms with E-state index >= 15 is 0 Å². The second kappa shape index (κ2) is 14.3. The van der Waals surface area contributed by atoms with Gasteiger partial charge in [-0.05, 0) is 26.3 Å². The molecule has 2 N–H and O–H groups in total. The van der Waals surface area contributed by atoms with Crippen molar-refractivity contribution >= 4 is 18.0 Å². The molecule has 2 aromatic rings. The summed E-state index contributed by atoms with van der Waals surface area (Å²) in [5.41, 5.74) is -0.165. The number of aliphatic hydroxyl groups is 1. The zero-order valence-electron chi connectivity index (χ0n) is 23.2. The van der Waals surface area contributed by atoms with Crippen LogP contribution in [-0.2, 0) is 30.4 Å². The van der Waals surface area contributed by atoms with E-state index in [1.807, 2.05) is 6.07 Å². The third kappa shape index (κ3) is 9.31. The Bertz CT molecular complexity index is 1230. The number of carbonyl (C=O) groups excluding carboxylic acids is 3. The predicted octanol–water partition coefficient (Wildman–Crippen LogP) is 3.24. The highest BCUT2D eigenvalue weighted by molar-refractivity contribution is 5.83. The van der Waals surface area contributed by atoms with Crippen LogP contribution in [0.3, 0.4) is 0 Å². The zero-order chi connectivity index (χ0) is 31.0. The highest BCUT2D eigenvalue weighted by Crippen LogP contribution is 2.27. The molecule has 0 bridgehead atoms. The number of ether oxygens (including phenoxy) is 4. The highest BCUT2D eigenvalue weighted by atomic mass is 19.2. The molecule has 3 rings (SSSR count). The lowest BCUT2D eigenvalue weighted by Gasteiger charge is -2.33. The highest BCUT2D eigenvalue weighted by Gasteiger charge is 2.34. The van der Waals surface area contributed by atoms with E-state index in [1.54, 1.807) is 45.0 Å². The number of halogens is 4. The van der Waals surface area contributed by atoms with E-state index in [1.165, 1.54) is 4.90 Å². The Morgan fingerprint density at radius 1 is 1.10 bits per heavy atom. The molecule has 1 aliphatic heterocycles. The van der Waals surface area contributed by atoms with Crippen LogP contribution in [0.15, 0.2) is 36.4 Å². The molecule has 1 saturated heterocycles. The maximum absolute atomic E-state index is 14.0. The summed E-state index contributed by atoms with van der Waals surface area (Å²) >= 11 is 0. The lowest BCUT2D eigenvalue weighted by molar-refractivity contribution is -0.156. The van der Waals surface area contributed by atoms with Crippen LogP contribution < -0.4 is 10.1 Å².